The predicted molar refractivity (Wildman–Crippen MR) is 92.4 cm³/mol. The molecule has 0 saturated heterocycles. The van der Waals surface area contributed by atoms with E-state index in [0.717, 1.165) is 34.4 Å². The van der Waals surface area contributed by atoms with Gasteiger partial charge in [0, 0.05) is 23.1 Å². The highest BCUT2D eigenvalue weighted by molar-refractivity contribution is 5.72. The molecule has 0 atom stereocenters. The number of nitrogens with one attached hydrogen (secondary N) is 1. The van der Waals surface area contributed by atoms with E-state index in [9.17, 15) is 10.1 Å². The molecule has 3 nitrogen and oxygen atoms in total. The largest absolute Gasteiger partial charge is 0.325 e. The molecule has 0 spiro atoms. The molecule has 1 aromatic carbocycles. The van der Waals surface area contributed by atoms with Gasteiger partial charge in [-0.15, -0.1) is 0 Å². The third-order valence-corrected chi connectivity index (χ3v) is 4.60. The Kier molecular flexibility index (Phi) is 3.49. The van der Waals surface area contributed by atoms with E-state index in [2.05, 4.69) is 31.5 Å². The van der Waals surface area contributed by atoms with Crippen molar-refractivity contribution >= 4 is 5.57 Å². The highest BCUT2D eigenvalue weighted by Crippen LogP contribution is 2.42. The minimum Gasteiger partial charge on any atom is -0.325 e. The fourth-order valence-electron chi connectivity index (χ4n) is 3.39. The number of nitrogens with zero attached hydrogens (tertiary/aromatic N) is 1. The van der Waals surface area contributed by atoms with Gasteiger partial charge in [-0.25, -0.2) is 0 Å². The molecule has 3 heteroatoms. The van der Waals surface area contributed by atoms with E-state index in [1.54, 1.807) is 0 Å². The summed E-state index contributed by atoms with van der Waals surface area (Å²) in [6.07, 6.45) is 1.31. The van der Waals surface area contributed by atoms with Gasteiger partial charge in [-0.05, 0) is 47.7 Å². The molecule has 1 heterocycles. The third-order valence-electron chi connectivity index (χ3n) is 4.60. The first-order chi connectivity index (χ1) is 10.8. The van der Waals surface area contributed by atoms with Crippen LogP contribution in [0.3, 0.4) is 0 Å². The lowest BCUT2D eigenvalue weighted by molar-refractivity contribution is 0.543. The van der Waals surface area contributed by atoms with Gasteiger partial charge in [0.1, 0.15) is 0 Å². The second-order valence-corrected chi connectivity index (χ2v) is 7.03. The number of hydrogen-bond acceptors (Lipinski definition) is 2. The Morgan fingerprint density at radius 1 is 1.30 bits per heavy atom. The topological polar surface area (TPSA) is 56.6 Å². The lowest BCUT2D eigenvalue weighted by Gasteiger charge is -2.18. The van der Waals surface area contributed by atoms with Crippen LogP contribution in [0.15, 0.2) is 35.6 Å². The predicted octanol–water partition coefficient (Wildman–Crippen LogP) is 3.84. The average Bonchev–Trinajstić information content (AvgIpc) is 2.70. The van der Waals surface area contributed by atoms with Crippen LogP contribution in [-0.4, -0.2) is 4.98 Å². The fourth-order valence-corrected chi connectivity index (χ4v) is 3.39. The Morgan fingerprint density at radius 3 is 2.74 bits per heavy atom. The van der Waals surface area contributed by atoms with Crippen LogP contribution in [0.5, 0.6) is 0 Å². The van der Waals surface area contributed by atoms with Gasteiger partial charge in [0.2, 0.25) is 0 Å². The van der Waals surface area contributed by atoms with Crippen LogP contribution < -0.4 is 5.56 Å². The summed E-state index contributed by atoms with van der Waals surface area (Å²) in [7, 11) is 0. The maximum absolute atomic E-state index is 12.5. The highest BCUT2D eigenvalue weighted by Gasteiger charge is 2.33. The molecule has 0 saturated carbocycles. The molecule has 0 radical (unpaired) electrons. The standard InChI is InChI=1S/C20H20N2O/c1-12-5-6-14(16(7-12)11-21)8-15-9-17-13(2)10-20(3,4)18(17)22-19(15)23/h5-7,9H,2,8,10H2,1,3-4H3,(H,22,23). The molecule has 23 heavy (non-hydrogen) atoms. The van der Waals surface area contributed by atoms with Gasteiger partial charge < -0.3 is 4.98 Å². The van der Waals surface area contributed by atoms with Gasteiger partial charge in [0.15, 0.2) is 0 Å². The van der Waals surface area contributed by atoms with Crippen LogP contribution in [0.25, 0.3) is 5.57 Å². The van der Waals surface area contributed by atoms with Crippen LogP contribution >= 0.6 is 0 Å². The van der Waals surface area contributed by atoms with Gasteiger partial charge in [0.05, 0.1) is 11.6 Å². The normalized spacial score (nSPS) is 15.3. The Hall–Kier alpha value is -2.60. The molecule has 1 N–H and O–H groups in total. The minimum absolute atomic E-state index is 0.0732. The van der Waals surface area contributed by atoms with Crippen molar-refractivity contribution in [2.45, 2.75) is 39.0 Å². The second-order valence-electron chi connectivity index (χ2n) is 7.03. The van der Waals surface area contributed by atoms with E-state index in [4.69, 9.17) is 0 Å². The number of nitriles is 1. The molecule has 0 bridgehead atoms. The number of H-pyrrole nitrogens is 1. The number of benzene rings is 1. The summed E-state index contributed by atoms with van der Waals surface area (Å²) in [4.78, 5) is 15.5. The number of allylic oxidation sites excluding steroid dienone is 1. The van der Waals surface area contributed by atoms with E-state index in [1.807, 2.05) is 31.2 Å². The summed E-state index contributed by atoms with van der Waals surface area (Å²) in [6, 6.07) is 9.93. The monoisotopic (exact) mass is 304 g/mol. The van der Waals surface area contributed by atoms with Crippen LogP contribution in [0.1, 0.15) is 53.8 Å². The van der Waals surface area contributed by atoms with Crippen LogP contribution in [0, 0.1) is 18.3 Å². The van der Waals surface area contributed by atoms with Crippen LogP contribution in [0.4, 0.5) is 0 Å². The van der Waals surface area contributed by atoms with Gasteiger partial charge in [-0.3, -0.25) is 4.79 Å². The molecule has 0 fully saturated rings. The number of hydrogen-bond donors (Lipinski definition) is 1. The number of pyridine rings is 1. The number of fused-ring (bicyclic) bond motifs is 1. The molecule has 1 aromatic heterocycles. The Labute approximate surface area is 136 Å². The van der Waals surface area contributed by atoms with Crippen molar-refractivity contribution in [2.75, 3.05) is 0 Å². The molecule has 1 aliphatic carbocycles. The van der Waals surface area contributed by atoms with Crippen molar-refractivity contribution in [1.29, 1.82) is 5.26 Å². The molecular weight excluding hydrogens is 284 g/mol. The highest BCUT2D eigenvalue weighted by atomic mass is 16.1. The van der Waals surface area contributed by atoms with E-state index in [0.29, 0.717) is 17.5 Å². The van der Waals surface area contributed by atoms with Crippen molar-refractivity contribution < 1.29 is 0 Å². The number of rotatable bonds is 2. The maximum atomic E-state index is 12.5. The average molecular weight is 304 g/mol. The summed E-state index contributed by atoms with van der Waals surface area (Å²) in [5.74, 6) is 0. The summed E-state index contributed by atoms with van der Waals surface area (Å²) in [5, 5.41) is 9.31. The van der Waals surface area contributed by atoms with Crippen molar-refractivity contribution in [3.8, 4) is 6.07 Å². The molecule has 116 valence electrons. The first-order valence-electron chi connectivity index (χ1n) is 7.76. The molecule has 0 unspecified atom stereocenters. The number of aromatic amines is 1. The van der Waals surface area contributed by atoms with Gasteiger partial charge in [-0.2, -0.15) is 5.26 Å². The van der Waals surface area contributed by atoms with E-state index >= 15 is 0 Å². The molecule has 2 aromatic rings. The van der Waals surface area contributed by atoms with Crippen LogP contribution in [0.2, 0.25) is 0 Å². The Balaban J connectivity index is 2.07. The van der Waals surface area contributed by atoms with Gasteiger partial charge in [0.25, 0.3) is 5.56 Å². The minimum atomic E-state index is -0.0776. The Morgan fingerprint density at radius 2 is 2.04 bits per heavy atom. The zero-order valence-electron chi connectivity index (χ0n) is 13.8. The lowest BCUT2D eigenvalue weighted by atomic mass is 9.90. The molecular formula is C20H20N2O. The zero-order chi connectivity index (χ0) is 16.8. The molecule has 0 aliphatic heterocycles. The summed E-state index contributed by atoms with van der Waals surface area (Å²) in [6.45, 7) is 10.3. The second kappa shape index (κ2) is 5.24. The lowest BCUT2D eigenvalue weighted by Crippen LogP contribution is -2.22. The number of aromatic nitrogens is 1. The van der Waals surface area contributed by atoms with Gasteiger partial charge >= 0.3 is 0 Å². The van der Waals surface area contributed by atoms with Crippen molar-refractivity contribution in [2.24, 2.45) is 0 Å². The zero-order valence-corrected chi connectivity index (χ0v) is 13.8. The first kappa shape index (κ1) is 15.3. The third kappa shape index (κ3) is 2.61. The quantitative estimate of drug-likeness (QED) is 0.916. The summed E-state index contributed by atoms with van der Waals surface area (Å²) in [5.41, 5.74) is 6.17. The fraction of sp³-hybridized carbons (Fsp3) is 0.300. The Bertz CT molecular complexity index is 910. The molecule has 0 amide bonds. The van der Waals surface area contributed by atoms with E-state index in [-0.39, 0.29) is 11.0 Å². The SMILES string of the molecule is C=C1CC(C)(C)c2[nH]c(=O)c(Cc3ccc(C)cc3C#N)cc21. The smallest absolute Gasteiger partial charge is 0.251 e. The van der Waals surface area contributed by atoms with Crippen molar-refractivity contribution in [3.63, 3.8) is 0 Å². The van der Waals surface area contributed by atoms with Crippen LogP contribution in [-0.2, 0) is 11.8 Å². The summed E-state index contributed by atoms with van der Waals surface area (Å²) >= 11 is 0. The van der Waals surface area contributed by atoms with Crippen molar-refractivity contribution in [1.82, 2.24) is 4.98 Å². The van der Waals surface area contributed by atoms with E-state index < -0.39 is 0 Å². The molecule has 3 rings (SSSR count). The molecule has 1 aliphatic rings. The summed E-state index contributed by atoms with van der Waals surface area (Å²) < 4.78 is 0. The first-order valence-corrected chi connectivity index (χ1v) is 7.76. The maximum Gasteiger partial charge on any atom is 0.251 e. The van der Waals surface area contributed by atoms with Gasteiger partial charge in [-0.1, -0.05) is 32.6 Å². The van der Waals surface area contributed by atoms with Crippen molar-refractivity contribution in [3.05, 3.63) is 74.7 Å². The number of aryl methyl sites for hydroxylation is 1. The van der Waals surface area contributed by atoms with E-state index in [1.165, 1.54) is 0 Å².